The third kappa shape index (κ3) is 3.98. The molecule has 134 valence electrons. The Morgan fingerprint density at radius 1 is 1.42 bits per heavy atom. The SMILES string of the molecule is Cc1cc(C)n(CC2CCCN2C(=O)C(C)OCC2CCCO2)n1. The fraction of sp³-hybridized carbons (Fsp3) is 0.778. The summed E-state index contributed by atoms with van der Waals surface area (Å²) in [5.41, 5.74) is 2.17. The molecule has 0 aliphatic carbocycles. The van der Waals surface area contributed by atoms with E-state index in [1.807, 2.05) is 23.4 Å². The molecule has 0 radical (unpaired) electrons. The number of nitrogens with zero attached hydrogens (tertiary/aromatic N) is 3. The van der Waals surface area contributed by atoms with E-state index in [9.17, 15) is 4.79 Å². The van der Waals surface area contributed by atoms with Crippen LogP contribution in [0.2, 0.25) is 0 Å². The van der Waals surface area contributed by atoms with Crippen molar-refractivity contribution in [1.29, 1.82) is 0 Å². The Bertz CT molecular complexity index is 566. The second kappa shape index (κ2) is 7.66. The molecule has 6 nitrogen and oxygen atoms in total. The van der Waals surface area contributed by atoms with Gasteiger partial charge in [-0.25, -0.2) is 0 Å². The van der Waals surface area contributed by atoms with Crippen molar-refractivity contribution in [2.24, 2.45) is 0 Å². The molecule has 2 aliphatic rings. The van der Waals surface area contributed by atoms with Crippen molar-refractivity contribution in [2.75, 3.05) is 19.8 Å². The van der Waals surface area contributed by atoms with Crippen LogP contribution in [-0.4, -0.2) is 58.6 Å². The summed E-state index contributed by atoms with van der Waals surface area (Å²) in [5, 5.41) is 4.53. The van der Waals surface area contributed by atoms with E-state index in [0.717, 1.165) is 56.8 Å². The van der Waals surface area contributed by atoms with Crippen LogP contribution in [0.15, 0.2) is 6.07 Å². The first-order valence-electron chi connectivity index (χ1n) is 9.09. The van der Waals surface area contributed by atoms with E-state index in [2.05, 4.69) is 18.1 Å². The van der Waals surface area contributed by atoms with Gasteiger partial charge in [-0.1, -0.05) is 0 Å². The molecule has 0 aromatic carbocycles. The first-order valence-corrected chi connectivity index (χ1v) is 9.09. The van der Waals surface area contributed by atoms with Crippen LogP contribution in [-0.2, 0) is 20.8 Å². The van der Waals surface area contributed by atoms with Gasteiger partial charge in [-0.05, 0) is 52.5 Å². The van der Waals surface area contributed by atoms with E-state index >= 15 is 0 Å². The molecule has 6 heteroatoms. The number of aryl methyl sites for hydroxylation is 2. The normalized spacial score (nSPS) is 25.4. The average molecular weight is 335 g/mol. The van der Waals surface area contributed by atoms with Gasteiger partial charge in [0, 0.05) is 18.8 Å². The maximum absolute atomic E-state index is 12.8. The molecule has 0 spiro atoms. The van der Waals surface area contributed by atoms with Crippen molar-refractivity contribution in [1.82, 2.24) is 14.7 Å². The standard InChI is InChI=1S/C18H29N3O3/c1-13-10-14(2)21(19-13)11-16-6-4-8-20(16)18(22)15(3)24-12-17-7-5-9-23-17/h10,15-17H,4-9,11-12H2,1-3H3. The first kappa shape index (κ1) is 17.4. The van der Waals surface area contributed by atoms with Gasteiger partial charge in [0.15, 0.2) is 0 Å². The molecule has 2 saturated heterocycles. The van der Waals surface area contributed by atoms with Crippen LogP contribution in [0.25, 0.3) is 0 Å². The summed E-state index contributed by atoms with van der Waals surface area (Å²) < 4.78 is 13.4. The third-order valence-electron chi connectivity index (χ3n) is 5.05. The van der Waals surface area contributed by atoms with Crippen molar-refractivity contribution >= 4 is 5.91 Å². The number of carbonyl (C=O) groups excluding carboxylic acids is 1. The zero-order chi connectivity index (χ0) is 17.1. The Morgan fingerprint density at radius 2 is 2.25 bits per heavy atom. The Kier molecular flexibility index (Phi) is 5.56. The van der Waals surface area contributed by atoms with E-state index in [4.69, 9.17) is 9.47 Å². The number of hydrogen-bond donors (Lipinski definition) is 0. The molecule has 1 amide bonds. The fourth-order valence-corrected chi connectivity index (χ4v) is 3.71. The summed E-state index contributed by atoms with van der Waals surface area (Å²) in [7, 11) is 0. The van der Waals surface area contributed by atoms with Crippen LogP contribution in [0.3, 0.4) is 0 Å². The molecule has 3 heterocycles. The van der Waals surface area contributed by atoms with Gasteiger partial charge in [0.25, 0.3) is 5.91 Å². The summed E-state index contributed by atoms with van der Waals surface area (Å²) in [6, 6.07) is 2.29. The van der Waals surface area contributed by atoms with Gasteiger partial charge in [0.2, 0.25) is 0 Å². The van der Waals surface area contributed by atoms with E-state index in [1.165, 1.54) is 0 Å². The molecule has 0 N–H and O–H groups in total. The predicted octanol–water partition coefficient (Wildman–Crippen LogP) is 2.08. The predicted molar refractivity (Wildman–Crippen MR) is 90.8 cm³/mol. The molecule has 0 saturated carbocycles. The summed E-state index contributed by atoms with van der Waals surface area (Å²) >= 11 is 0. The molecule has 24 heavy (non-hydrogen) atoms. The zero-order valence-electron chi connectivity index (χ0n) is 15.0. The first-order chi connectivity index (χ1) is 11.5. The molecule has 3 atom stereocenters. The fourth-order valence-electron chi connectivity index (χ4n) is 3.71. The van der Waals surface area contributed by atoms with Gasteiger partial charge in [0.05, 0.1) is 31.0 Å². The monoisotopic (exact) mass is 335 g/mol. The highest BCUT2D eigenvalue weighted by Crippen LogP contribution is 2.22. The summed E-state index contributed by atoms with van der Waals surface area (Å²) in [5.74, 6) is 0.0945. The van der Waals surface area contributed by atoms with Crippen molar-refractivity contribution in [3.63, 3.8) is 0 Å². The molecule has 1 aromatic heterocycles. The number of hydrogen-bond acceptors (Lipinski definition) is 4. The number of amides is 1. The van der Waals surface area contributed by atoms with E-state index < -0.39 is 6.10 Å². The highest BCUT2D eigenvalue weighted by Gasteiger charge is 2.32. The van der Waals surface area contributed by atoms with Crippen molar-refractivity contribution < 1.29 is 14.3 Å². The maximum Gasteiger partial charge on any atom is 0.251 e. The van der Waals surface area contributed by atoms with Gasteiger partial charge in [-0.2, -0.15) is 5.10 Å². The highest BCUT2D eigenvalue weighted by atomic mass is 16.5. The maximum atomic E-state index is 12.8. The average Bonchev–Trinajstić information content (AvgIpc) is 3.27. The summed E-state index contributed by atoms with van der Waals surface area (Å²) in [6.07, 6.45) is 3.95. The van der Waals surface area contributed by atoms with Gasteiger partial charge in [-0.15, -0.1) is 0 Å². The number of ether oxygens (including phenoxy) is 2. The van der Waals surface area contributed by atoms with Gasteiger partial charge in [0.1, 0.15) is 6.10 Å². The van der Waals surface area contributed by atoms with Crippen LogP contribution in [0.5, 0.6) is 0 Å². The summed E-state index contributed by atoms with van der Waals surface area (Å²) in [6.45, 7) is 8.84. The van der Waals surface area contributed by atoms with Crippen LogP contribution in [0, 0.1) is 13.8 Å². The van der Waals surface area contributed by atoms with Crippen LogP contribution in [0.4, 0.5) is 0 Å². The lowest BCUT2D eigenvalue weighted by Gasteiger charge is -2.28. The smallest absolute Gasteiger partial charge is 0.251 e. The van der Waals surface area contributed by atoms with Crippen LogP contribution < -0.4 is 0 Å². The quantitative estimate of drug-likeness (QED) is 0.799. The molecule has 1 aromatic rings. The largest absolute Gasteiger partial charge is 0.376 e. The second-order valence-corrected chi connectivity index (χ2v) is 7.05. The minimum atomic E-state index is -0.407. The minimum absolute atomic E-state index is 0.0945. The molecule has 0 bridgehead atoms. The lowest BCUT2D eigenvalue weighted by Crippen LogP contribution is -2.44. The van der Waals surface area contributed by atoms with Crippen LogP contribution >= 0.6 is 0 Å². The Hall–Kier alpha value is -1.40. The molecular formula is C18H29N3O3. The third-order valence-corrected chi connectivity index (χ3v) is 5.05. The van der Waals surface area contributed by atoms with Crippen molar-refractivity contribution in [2.45, 2.75) is 71.2 Å². The van der Waals surface area contributed by atoms with Crippen molar-refractivity contribution in [3.05, 3.63) is 17.5 Å². The van der Waals surface area contributed by atoms with Gasteiger partial charge in [-0.3, -0.25) is 9.48 Å². The molecule has 3 unspecified atom stereocenters. The Morgan fingerprint density at radius 3 is 2.92 bits per heavy atom. The number of likely N-dealkylation sites (tertiary alicyclic amines) is 1. The molecular weight excluding hydrogens is 306 g/mol. The number of rotatable bonds is 6. The van der Waals surface area contributed by atoms with Gasteiger partial charge >= 0.3 is 0 Å². The molecule has 2 fully saturated rings. The Labute approximate surface area is 144 Å². The van der Waals surface area contributed by atoms with Gasteiger partial charge < -0.3 is 14.4 Å². The molecule has 3 rings (SSSR count). The highest BCUT2D eigenvalue weighted by molar-refractivity contribution is 5.81. The van der Waals surface area contributed by atoms with Crippen molar-refractivity contribution in [3.8, 4) is 0 Å². The molecule has 2 aliphatic heterocycles. The number of carbonyl (C=O) groups is 1. The second-order valence-electron chi connectivity index (χ2n) is 7.05. The lowest BCUT2D eigenvalue weighted by atomic mass is 10.2. The van der Waals surface area contributed by atoms with Crippen LogP contribution in [0.1, 0.15) is 44.0 Å². The van der Waals surface area contributed by atoms with E-state index in [0.29, 0.717) is 6.61 Å². The summed E-state index contributed by atoms with van der Waals surface area (Å²) in [4.78, 5) is 14.8. The number of aromatic nitrogens is 2. The van der Waals surface area contributed by atoms with E-state index in [-0.39, 0.29) is 18.1 Å². The topological polar surface area (TPSA) is 56.6 Å². The van der Waals surface area contributed by atoms with E-state index in [1.54, 1.807) is 0 Å². The lowest BCUT2D eigenvalue weighted by molar-refractivity contribution is -0.145. The Balaban J connectivity index is 1.55. The zero-order valence-corrected chi connectivity index (χ0v) is 15.0. The minimum Gasteiger partial charge on any atom is -0.376 e.